The molecular weight excluding hydrogens is 284 g/mol. The lowest BCUT2D eigenvalue weighted by atomic mass is 9.90. The van der Waals surface area contributed by atoms with Crippen LogP contribution in [-0.4, -0.2) is 14.2 Å². The third-order valence-corrected chi connectivity index (χ3v) is 4.31. The Balaban J connectivity index is 2.27. The van der Waals surface area contributed by atoms with E-state index in [0.29, 0.717) is 11.8 Å². The molecule has 23 heavy (non-hydrogen) atoms. The SMILES string of the molecule is COc1cc(CC(C)c2cc(C)cc(OC)c2)cc(C(C)C)c1. The van der Waals surface area contributed by atoms with Crippen molar-refractivity contribution in [1.29, 1.82) is 0 Å². The summed E-state index contributed by atoms with van der Waals surface area (Å²) in [5.41, 5.74) is 5.20. The molecule has 2 heteroatoms. The Morgan fingerprint density at radius 1 is 0.783 bits per heavy atom. The first kappa shape index (κ1) is 17.4. The highest BCUT2D eigenvalue weighted by molar-refractivity contribution is 5.39. The fourth-order valence-electron chi connectivity index (χ4n) is 2.91. The van der Waals surface area contributed by atoms with E-state index < -0.39 is 0 Å². The van der Waals surface area contributed by atoms with Gasteiger partial charge in [0.15, 0.2) is 0 Å². The van der Waals surface area contributed by atoms with Gasteiger partial charge in [0.1, 0.15) is 11.5 Å². The maximum atomic E-state index is 5.47. The van der Waals surface area contributed by atoms with Gasteiger partial charge in [0.2, 0.25) is 0 Å². The summed E-state index contributed by atoms with van der Waals surface area (Å²) in [6, 6.07) is 13.0. The molecule has 0 radical (unpaired) electrons. The van der Waals surface area contributed by atoms with Crippen molar-refractivity contribution in [1.82, 2.24) is 0 Å². The number of rotatable bonds is 6. The molecule has 2 aromatic rings. The summed E-state index contributed by atoms with van der Waals surface area (Å²) >= 11 is 0. The highest BCUT2D eigenvalue weighted by Gasteiger charge is 2.12. The Hall–Kier alpha value is -1.96. The topological polar surface area (TPSA) is 18.5 Å². The van der Waals surface area contributed by atoms with E-state index in [1.54, 1.807) is 14.2 Å². The summed E-state index contributed by atoms with van der Waals surface area (Å²) in [4.78, 5) is 0. The summed E-state index contributed by atoms with van der Waals surface area (Å²) < 4.78 is 10.9. The molecule has 0 bridgehead atoms. The second-order valence-electron chi connectivity index (χ2n) is 6.66. The molecule has 2 aromatic carbocycles. The number of methoxy groups -OCH3 is 2. The van der Waals surface area contributed by atoms with Crippen molar-refractivity contribution in [3.05, 3.63) is 58.7 Å². The summed E-state index contributed by atoms with van der Waals surface area (Å²) in [5.74, 6) is 2.80. The van der Waals surface area contributed by atoms with Crippen molar-refractivity contribution in [3.8, 4) is 11.5 Å². The smallest absolute Gasteiger partial charge is 0.119 e. The Morgan fingerprint density at radius 2 is 1.39 bits per heavy atom. The van der Waals surface area contributed by atoms with Crippen LogP contribution in [0.3, 0.4) is 0 Å². The number of hydrogen-bond acceptors (Lipinski definition) is 2. The molecule has 0 heterocycles. The zero-order chi connectivity index (χ0) is 17.0. The first-order valence-corrected chi connectivity index (χ1v) is 8.26. The largest absolute Gasteiger partial charge is 0.497 e. The van der Waals surface area contributed by atoms with Crippen molar-refractivity contribution in [2.75, 3.05) is 14.2 Å². The van der Waals surface area contributed by atoms with E-state index >= 15 is 0 Å². The molecule has 2 rings (SSSR count). The zero-order valence-corrected chi connectivity index (χ0v) is 15.1. The first-order valence-electron chi connectivity index (χ1n) is 8.26. The van der Waals surface area contributed by atoms with Gasteiger partial charge in [-0.15, -0.1) is 0 Å². The Labute approximate surface area is 140 Å². The van der Waals surface area contributed by atoms with Gasteiger partial charge in [0, 0.05) is 0 Å². The standard InChI is InChI=1S/C21H28O2/c1-14(2)18-10-17(11-21(12-18)23-6)9-16(4)19-7-15(3)8-20(13-19)22-5/h7-8,10-14,16H,9H2,1-6H3. The van der Waals surface area contributed by atoms with Crippen LogP contribution in [0, 0.1) is 6.92 Å². The van der Waals surface area contributed by atoms with Gasteiger partial charge in [-0.05, 0) is 71.7 Å². The van der Waals surface area contributed by atoms with E-state index in [4.69, 9.17) is 9.47 Å². The van der Waals surface area contributed by atoms with Crippen LogP contribution in [0.15, 0.2) is 36.4 Å². The van der Waals surface area contributed by atoms with Crippen molar-refractivity contribution < 1.29 is 9.47 Å². The molecule has 0 aliphatic carbocycles. The minimum absolute atomic E-state index is 0.427. The Morgan fingerprint density at radius 3 is 2.00 bits per heavy atom. The van der Waals surface area contributed by atoms with Crippen molar-refractivity contribution >= 4 is 0 Å². The molecular formula is C21H28O2. The molecule has 0 aliphatic rings. The highest BCUT2D eigenvalue weighted by Crippen LogP contribution is 2.29. The van der Waals surface area contributed by atoms with Gasteiger partial charge < -0.3 is 9.47 Å². The fraction of sp³-hybridized carbons (Fsp3) is 0.429. The Bertz CT molecular complexity index is 659. The molecule has 0 N–H and O–H groups in total. The number of ether oxygens (including phenoxy) is 2. The maximum Gasteiger partial charge on any atom is 0.119 e. The van der Waals surface area contributed by atoms with E-state index in [1.165, 1.54) is 22.3 Å². The van der Waals surface area contributed by atoms with Gasteiger partial charge in [0.25, 0.3) is 0 Å². The molecule has 0 fully saturated rings. The van der Waals surface area contributed by atoms with Crippen LogP contribution in [0.2, 0.25) is 0 Å². The van der Waals surface area contributed by atoms with Crippen LogP contribution in [-0.2, 0) is 6.42 Å². The molecule has 0 spiro atoms. The summed E-state index contributed by atoms with van der Waals surface area (Å²) in [6.07, 6.45) is 0.990. The van der Waals surface area contributed by atoms with Gasteiger partial charge in [-0.1, -0.05) is 32.9 Å². The molecule has 2 nitrogen and oxygen atoms in total. The second kappa shape index (κ2) is 7.54. The summed E-state index contributed by atoms with van der Waals surface area (Å²) in [5, 5.41) is 0. The molecule has 0 saturated carbocycles. The van der Waals surface area contributed by atoms with Crippen molar-refractivity contribution in [3.63, 3.8) is 0 Å². The third-order valence-electron chi connectivity index (χ3n) is 4.31. The lowest BCUT2D eigenvalue weighted by Gasteiger charge is -2.17. The quantitative estimate of drug-likeness (QED) is 0.703. The average Bonchev–Trinajstić information content (AvgIpc) is 2.53. The third kappa shape index (κ3) is 4.51. The van der Waals surface area contributed by atoms with Crippen LogP contribution >= 0.6 is 0 Å². The summed E-state index contributed by atoms with van der Waals surface area (Å²) in [6.45, 7) is 8.81. The lowest BCUT2D eigenvalue weighted by Crippen LogP contribution is -2.02. The number of hydrogen-bond donors (Lipinski definition) is 0. The first-order chi connectivity index (χ1) is 10.9. The van der Waals surface area contributed by atoms with E-state index in [0.717, 1.165) is 17.9 Å². The van der Waals surface area contributed by atoms with Crippen LogP contribution < -0.4 is 9.47 Å². The second-order valence-corrected chi connectivity index (χ2v) is 6.66. The van der Waals surface area contributed by atoms with E-state index in [1.807, 2.05) is 0 Å². The maximum absolute atomic E-state index is 5.47. The molecule has 0 amide bonds. The molecule has 0 aromatic heterocycles. The van der Waals surface area contributed by atoms with Crippen molar-refractivity contribution in [2.24, 2.45) is 0 Å². The normalized spacial score (nSPS) is 12.3. The van der Waals surface area contributed by atoms with E-state index in [-0.39, 0.29) is 0 Å². The molecule has 1 unspecified atom stereocenters. The molecule has 0 aliphatic heterocycles. The van der Waals surface area contributed by atoms with Crippen LogP contribution in [0.25, 0.3) is 0 Å². The predicted molar refractivity (Wildman–Crippen MR) is 96.9 cm³/mol. The minimum Gasteiger partial charge on any atom is -0.497 e. The lowest BCUT2D eigenvalue weighted by molar-refractivity contribution is 0.412. The minimum atomic E-state index is 0.427. The van der Waals surface area contributed by atoms with Crippen LogP contribution in [0.5, 0.6) is 11.5 Å². The van der Waals surface area contributed by atoms with Crippen LogP contribution in [0.4, 0.5) is 0 Å². The average molecular weight is 312 g/mol. The number of aryl methyl sites for hydroxylation is 1. The zero-order valence-electron chi connectivity index (χ0n) is 15.1. The molecule has 0 saturated heterocycles. The van der Waals surface area contributed by atoms with E-state index in [2.05, 4.69) is 64.1 Å². The van der Waals surface area contributed by atoms with Gasteiger partial charge >= 0.3 is 0 Å². The molecule has 124 valence electrons. The fourth-order valence-corrected chi connectivity index (χ4v) is 2.91. The molecule has 1 atom stereocenters. The monoisotopic (exact) mass is 312 g/mol. The van der Waals surface area contributed by atoms with Gasteiger partial charge in [-0.3, -0.25) is 0 Å². The van der Waals surface area contributed by atoms with Crippen LogP contribution in [0.1, 0.15) is 54.9 Å². The van der Waals surface area contributed by atoms with Gasteiger partial charge in [0.05, 0.1) is 14.2 Å². The van der Waals surface area contributed by atoms with E-state index in [9.17, 15) is 0 Å². The van der Waals surface area contributed by atoms with Gasteiger partial charge in [-0.25, -0.2) is 0 Å². The van der Waals surface area contributed by atoms with Gasteiger partial charge in [-0.2, -0.15) is 0 Å². The van der Waals surface area contributed by atoms with Crippen molar-refractivity contribution in [2.45, 2.75) is 46.0 Å². The Kier molecular flexibility index (Phi) is 5.70. The number of benzene rings is 2. The summed E-state index contributed by atoms with van der Waals surface area (Å²) in [7, 11) is 3.46. The predicted octanol–water partition coefficient (Wildman–Crippen LogP) is 5.48. The highest BCUT2D eigenvalue weighted by atomic mass is 16.5.